The summed E-state index contributed by atoms with van der Waals surface area (Å²) in [6.45, 7) is 0. The molecular weight excluding hydrogens is 240 g/mol. The SMILES string of the molecule is COc1cccc2c1CCC/C2=C\CCCC(=O)O. The largest absolute Gasteiger partial charge is 0.496 e. The Morgan fingerprint density at radius 2 is 2.26 bits per heavy atom. The van der Waals surface area contributed by atoms with Gasteiger partial charge in [-0.3, -0.25) is 4.79 Å². The van der Waals surface area contributed by atoms with Crippen molar-refractivity contribution < 1.29 is 14.6 Å². The fourth-order valence-electron chi connectivity index (χ4n) is 2.65. The Bertz CT molecular complexity index is 489. The summed E-state index contributed by atoms with van der Waals surface area (Å²) >= 11 is 0. The van der Waals surface area contributed by atoms with E-state index in [0.29, 0.717) is 6.42 Å². The summed E-state index contributed by atoms with van der Waals surface area (Å²) in [5.41, 5.74) is 3.91. The fourth-order valence-corrected chi connectivity index (χ4v) is 2.65. The third-order valence-electron chi connectivity index (χ3n) is 3.56. The van der Waals surface area contributed by atoms with Gasteiger partial charge in [0.2, 0.25) is 0 Å². The van der Waals surface area contributed by atoms with E-state index >= 15 is 0 Å². The predicted molar refractivity (Wildman–Crippen MR) is 75.4 cm³/mol. The van der Waals surface area contributed by atoms with Crippen LogP contribution in [0.25, 0.3) is 5.57 Å². The number of methoxy groups -OCH3 is 1. The molecule has 0 fully saturated rings. The number of hydrogen-bond acceptors (Lipinski definition) is 2. The number of hydrogen-bond donors (Lipinski definition) is 1. The smallest absolute Gasteiger partial charge is 0.303 e. The molecule has 0 unspecified atom stereocenters. The van der Waals surface area contributed by atoms with Gasteiger partial charge in [0.1, 0.15) is 5.75 Å². The van der Waals surface area contributed by atoms with E-state index in [1.165, 1.54) is 16.7 Å². The number of unbranched alkanes of at least 4 members (excludes halogenated alkanes) is 1. The number of benzene rings is 1. The van der Waals surface area contributed by atoms with Gasteiger partial charge in [0.25, 0.3) is 0 Å². The third-order valence-corrected chi connectivity index (χ3v) is 3.56. The van der Waals surface area contributed by atoms with Gasteiger partial charge in [-0.15, -0.1) is 0 Å². The van der Waals surface area contributed by atoms with Gasteiger partial charge in [0.05, 0.1) is 7.11 Å². The lowest BCUT2D eigenvalue weighted by Gasteiger charge is -2.21. The number of fused-ring (bicyclic) bond motifs is 1. The van der Waals surface area contributed by atoms with Crippen molar-refractivity contribution in [2.24, 2.45) is 0 Å². The van der Waals surface area contributed by atoms with Crippen molar-refractivity contribution in [3.05, 3.63) is 35.4 Å². The monoisotopic (exact) mass is 260 g/mol. The minimum atomic E-state index is -0.718. The van der Waals surface area contributed by atoms with Crippen molar-refractivity contribution >= 4 is 11.5 Å². The lowest BCUT2D eigenvalue weighted by molar-refractivity contribution is -0.137. The second-order valence-corrected chi connectivity index (χ2v) is 4.86. The van der Waals surface area contributed by atoms with Crippen molar-refractivity contribution in [2.45, 2.75) is 38.5 Å². The van der Waals surface area contributed by atoms with Crippen LogP contribution in [0.5, 0.6) is 5.75 Å². The lowest BCUT2D eigenvalue weighted by Crippen LogP contribution is -2.04. The Balaban J connectivity index is 2.13. The van der Waals surface area contributed by atoms with Crippen LogP contribution >= 0.6 is 0 Å². The van der Waals surface area contributed by atoms with E-state index < -0.39 is 5.97 Å². The molecule has 19 heavy (non-hydrogen) atoms. The molecule has 0 saturated carbocycles. The number of ether oxygens (including phenoxy) is 1. The van der Waals surface area contributed by atoms with Gasteiger partial charge in [-0.2, -0.15) is 0 Å². The van der Waals surface area contributed by atoms with Crippen LogP contribution < -0.4 is 4.74 Å². The zero-order valence-corrected chi connectivity index (χ0v) is 11.3. The lowest BCUT2D eigenvalue weighted by atomic mass is 9.86. The van der Waals surface area contributed by atoms with Gasteiger partial charge in [-0.1, -0.05) is 18.2 Å². The van der Waals surface area contributed by atoms with Crippen LogP contribution in [0.1, 0.15) is 43.2 Å². The maximum atomic E-state index is 10.5. The van der Waals surface area contributed by atoms with Crippen molar-refractivity contribution in [2.75, 3.05) is 7.11 Å². The molecule has 1 aromatic carbocycles. The van der Waals surface area contributed by atoms with Gasteiger partial charge in [-0.25, -0.2) is 0 Å². The molecule has 1 aliphatic rings. The van der Waals surface area contributed by atoms with Crippen molar-refractivity contribution in [1.29, 1.82) is 0 Å². The molecule has 3 heteroatoms. The molecule has 102 valence electrons. The highest BCUT2D eigenvalue weighted by atomic mass is 16.5. The highest BCUT2D eigenvalue weighted by molar-refractivity contribution is 5.72. The van der Waals surface area contributed by atoms with E-state index in [9.17, 15) is 4.79 Å². The first-order valence-corrected chi connectivity index (χ1v) is 6.79. The number of carboxylic acid groups (broad SMARTS) is 1. The highest BCUT2D eigenvalue weighted by Crippen LogP contribution is 2.36. The van der Waals surface area contributed by atoms with Crippen LogP contribution in [0.15, 0.2) is 24.3 Å². The number of carbonyl (C=O) groups is 1. The minimum absolute atomic E-state index is 0.245. The molecular formula is C16H20O3. The molecule has 0 radical (unpaired) electrons. The summed E-state index contributed by atoms with van der Waals surface area (Å²) in [4.78, 5) is 10.5. The fraction of sp³-hybridized carbons (Fsp3) is 0.438. The van der Waals surface area contributed by atoms with Crippen LogP contribution in [0.3, 0.4) is 0 Å². The van der Waals surface area contributed by atoms with Crippen molar-refractivity contribution in [3.8, 4) is 5.75 Å². The number of carboxylic acids is 1. The molecule has 0 bridgehead atoms. The number of rotatable bonds is 5. The summed E-state index contributed by atoms with van der Waals surface area (Å²) in [6.07, 6.45) is 7.25. The zero-order valence-electron chi connectivity index (χ0n) is 11.3. The van der Waals surface area contributed by atoms with Crippen LogP contribution in [-0.4, -0.2) is 18.2 Å². The van der Waals surface area contributed by atoms with E-state index in [2.05, 4.69) is 12.1 Å². The normalized spacial score (nSPS) is 16.2. The molecule has 1 aliphatic carbocycles. The first-order valence-electron chi connectivity index (χ1n) is 6.79. The highest BCUT2D eigenvalue weighted by Gasteiger charge is 2.17. The maximum Gasteiger partial charge on any atom is 0.303 e. The summed E-state index contributed by atoms with van der Waals surface area (Å²) in [7, 11) is 1.71. The average molecular weight is 260 g/mol. The van der Waals surface area contributed by atoms with Crippen molar-refractivity contribution in [1.82, 2.24) is 0 Å². The van der Waals surface area contributed by atoms with Gasteiger partial charge >= 0.3 is 5.97 Å². The molecule has 0 saturated heterocycles. The second kappa shape index (κ2) is 6.41. The molecule has 0 aromatic heterocycles. The topological polar surface area (TPSA) is 46.5 Å². The number of aliphatic carboxylic acids is 1. The van der Waals surface area contributed by atoms with Crippen LogP contribution in [0, 0.1) is 0 Å². The molecule has 2 rings (SSSR count). The first kappa shape index (κ1) is 13.7. The predicted octanol–water partition coefficient (Wildman–Crippen LogP) is 3.67. The molecule has 1 aromatic rings. The van der Waals surface area contributed by atoms with Crippen LogP contribution in [0.2, 0.25) is 0 Å². The number of allylic oxidation sites excluding steroid dienone is 2. The Morgan fingerprint density at radius 3 is 3.00 bits per heavy atom. The Morgan fingerprint density at radius 1 is 1.42 bits per heavy atom. The van der Waals surface area contributed by atoms with Crippen LogP contribution in [0.4, 0.5) is 0 Å². The van der Waals surface area contributed by atoms with Gasteiger partial charge in [0.15, 0.2) is 0 Å². The third kappa shape index (κ3) is 3.37. The van der Waals surface area contributed by atoms with Crippen LogP contribution in [-0.2, 0) is 11.2 Å². The first-order chi connectivity index (χ1) is 9.22. The standard InChI is InChI=1S/C16H20O3/c1-19-15-10-5-8-13-12(7-4-9-14(13)15)6-2-3-11-16(17)18/h5-6,8,10H,2-4,7,9,11H2,1H3,(H,17,18)/b12-6+. The Hall–Kier alpha value is -1.77. The van der Waals surface area contributed by atoms with E-state index in [0.717, 1.165) is 31.4 Å². The van der Waals surface area contributed by atoms with E-state index in [1.807, 2.05) is 12.1 Å². The summed E-state index contributed by atoms with van der Waals surface area (Å²) < 4.78 is 5.41. The van der Waals surface area contributed by atoms with Gasteiger partial charge in [0, 0.05) is 12.0 Å². The summed E-state index contributed by atoms with van der Waals surface area (Å²) in [6, 6.07) is 6.17. The molecule has 0 atom stereocenters. The molecule has 0 heterocycles. The quantitative estimate of drug-likeness (QED) is 0.822. The molecule has 0 spiro atoms. The van der Waals surface area contributed by atoms with Gasteiger partial charge in [-0.05, 0) is 49.3 Å². The van der Waals surface area contributed by atoms with Crippen molar-refractivity contribution in [3.63, 3.8) is 0 Å². The molecule has 0 amide bonds. The van der Waals surface area contributed by atoms with E-state index in [-0.39, 0.29) is 6.42 Å². The van der Waals surface area contributed by atoms with Gasteiger partial charge < -0.3 is 9.84 Å². The molecule has 3 nitrogen and oxygen atoms in total. The Kier molecular flexibility index (Phi) is 4.61. The Labute approximate surface area is 113 Å². The minimum Gasteiger partial charge on any atom is -0.496 e. The summed E-state index contributed by atoms with van der Waals surface area (Å²) in [5, 5.41) is 8.64. The second-order valence-electron chi connectivity index (χ2n) is 4.86. The van der Waals surface area contributed by atoms with E-state index in [1.54, 1.807) is 7.11 Å². The molecule has 0 aliphatic heterocycles. The average Bonchev–Trinajstić information content (AvgIpc) is 2.42. The molecule has 1 N–H and O–H groups in total. The van der Waals surface area contributed by atoms with E-state index in [4.69, 9.17) is 9.84 Å². The zero-order chi connectivity index (χ0) is 13.7. The maximum absolute atomic E-state index is 10.5. The summed E-state index contributed by atoms with van der Waals surface area (Å²) in [5.74, 6) is 0.248.